The number of hydrogen-bond donors (Lipinski definition) is 0. The normalized spacial score (nSPS) is 15.7. The number of nitrogens with zero attached hydrogens (tertiary/aromatic N) is 3. The van der Waals surface area contributed by atoms with Crippen molar-refractivity contribution >= 4 is 23.1 Å². The van der Waals surface area contributed by atoms with Crippen molar-refractivity contribution in [3.8, 4) is 0 Å². The van der Waals surface area contributed by atoms with E-state index in [1.54, 1.807) is 12.4 Å². The predicted molar refractivity (Wildman–Crippen MR) is 106 cm³/mol. The fourth-order valence-electron chi connectivity index (χ4n) is 3.76. The average molecular weight is 345 g/mol. The molecule has 26 heavy (non-hydrogen) atoms. The Hall–Kier alpha value is -2.75. The molecule has 4 rings (SSSR count). The first-order valence-corrected chi connectivity index (χ1v) is 9.39. The van der Waals surface area contributed by atoms with Gasteiger partial charge in [0, 0.05) is 18.9 Å². The first-order valence-electron chi connectivity index (χ1n) is 9.39. The van der Waals surface area contributed by atoms with Gasteiger partial charge in [0.15, 0.2) is 0 Å². The van der Waals surface area contributed by atoms with E-state index in [4.69, 9.17) is 4.98 Å². The first kappa shape index (κ1) is 16.7. The van der Waals surface area contributed by atoms with Gasteiger partial charge in [0.2, 0.25) is 0 Å². The molecule has 0 radical (unpaired) electrons. The van der Waals surface area contributed by atoms with Gasteiger partial charge in [-0.05, 0) is 54.7 Å². The lowest BCUT2D eigenvalue weighted by atomic mass is 9.89. The van der Waals surface area contributed by atoms with Crippen molar-refractivity contribution in [1.29, 1.82) is 0 Å². The molecule has 1 aliphatic rings. The minimum Gasteiger partial charge on any atom is -0.292 e. The lowest BCUT2D eigenvalue weighted by Gasteiger charge is -2.23. The first-order chi connectivity index (χ1) is 12.8. The van der Waals surface area contributed by atoms with E-state index in [0.29, 0.717) is 11.3 Å². The Morgan fingerprint density at radius 1 is 1.04 bits per heavy atom. The molecule has 1 aliphatic carbocycles. The zero-order valence-corrected chi connectivity index (χ0v) is 14.8. The summed E-state index contributed by atoms with van der Waals surface area (Å²) in [6.45, 7) is 0.753. The summed E-state index contributed by atoms with van der Waals surface area (Å²) >= 11 is 0. The van der Waals surface area contributed by atoms with Gasteiger partial charge in [0.25, 0.3) is 5.56 Å². The minimum absolute atomic E-state index is 0.0620. The molecule has 1 saturated carbocycles. The molecule has 0 amide bonds. The van der Waals surface area contributed by atoms with Gasteiger partial charge in [0.05, 0.1) is 10.9 Å². The molecule has 0 saturated heterocycles. The quantitative estimate of drug-likeness (QED) is 0.697. The molecular formula is C22H23N3O. The summed E-state index contributed by atoms with van der Waals surface area (Å²) in [5.41, 5.74) is 1.81. The number of fused-ring (bicyclic) bond motifs is 1. The van der Waals surface area contributed by atoms with Gasteiger partial charge < -0.3 is 0 Å². The lowest BCUT2D eigenvalue weighted by Crippen LogP contribution is -2.28. The highest BCUT2D eigenvalue weighted by Crippen LogP contribution is 2.25. The maximum Gasteiger partial charge on any atom is 0.261 e. The molecule has 4 nitrogen and oxygen atoms in total. The summed E-state index contributed by atoms with van der Waals surface area (Å²) in [5, 5.41) is 0.696. The molecule has 3 aromatic rings. The third-order valence-electron chi connectivity index (χ3n) is 5.17. The van der Waals surface area contributed by atoms with Crippen molar-refractivity contribution in [1.82, 2.24) is 14.5 Å². The molecule has 0 atom stereocenters. The maximum atomic E-state index is 13.1. The summed E-state index contributed by atoms with van der Waals surface area (Å²) in [6.07, 6.45) is 13.7. The Balaban J connectivity index is 1.77. The van der Waals surface area contributed by atoms with Crippen LogP contribution in [0, 0.1) is 5.92 Å². The molecule has 2 heterocycles. The van der Waals surface area contributed by atoms with Crippen molar-refractivity contribution in [2.45, 2.75) is 38.6 Å². The summed E-state index contributed by atoms with van der Waals surface area (Å²) in [4.78, 5) is 22.0. The van der Waals surface area contributed by atoms with Crippen LogP contribution in [0.25, 0.3) is 23.1 Å². The third-order valence-corrected chi connectivity index (χ3v) is 5.17. The second-order valence-electron chi connectivity index (χ2n) is 7.03. The Labute approximate surface area is 153 Å². The van der Waals surface area contributed by atoms with E-state index in [1.807, 2.05) is 53.1 Å². The minimum atomic E-state index is 0.0620. The highest BCUT2D eigenvalue weighted by atomic mass is 16.1. The molecule has 1 fully saturated rings. The van der Waals surface area contributed by atoms with Crippen LogP contribution in [-0.4, -0.2) is 14.5 Å². The summed E-state index contributed by atoms with van der Waals surface area (Å²) < 4.78 is 1.87. The number of rotatable bonds is 4. The zero-order chi connectivity index (χ0) is 17.8. The number of para-hydroxylation sites is 1. The average Bonchev–Trinajstić information content (AvgIpc) is 2.70. The highest BCUT2D eigenvalue weighted by molar-refractivity contribution is 5.79. The summed E-state index contributed by atoms with van der Waals surface area (Å²) in [6, 6.07) is 11.5. The van der Waals surface area contributed by atoms with Crippen molar-refractivity contribution in [3.63, 3.8) is 0 Å². The van der Waals surface area contributed by atoms with Gasteiger partial charge in [-0.1, -0.05) is 37.5 Å². The van der Waals surface area contributed by atoms with Crippen molar-refractivity contribution in [3.05, 3.63) is 70.5 Å². The van der Waals surface area contributed by atoms with Crippen LogP contribution in [0.3, 0.4) is 0 Å². The Morgan fingerprint density at radius 2 is 1.88 bits per heavy atom. The number of hydrogen-bond acceptors (Lipinski definition) is 3. The fraction of sp³-hybridized carbons (Fsp3) is 0.318. The monoisotopic (exact) mass is 345 g/mol. The zero-order valence-electron chi connectivity index (χ0n) is 14.8. The SMILES string of the molecule is O=c1c2ccccc2nc(/C=C/c2cccnc2)n1CC1CCCCC1. The van der Waals surface area contributed by atoms with E-state index in [9.17, 15) is 4.79 Å². The lowest BCUT2D eigenvalue weighted by molar-refractivity contribution is 0.315. The van der Waals surface area contributed by atoms with Crippen molar-refractivity contribution in [2.24, 2.45) is 5.92 Å². The Kier molecular flexibility index (Phi) is 4.91. The molecule has 0 bridgehead atoms. The standard InChI is InChI=1S/C22H23N3O/c26-22-19-10-4-5-11-20(19)24-21(13-12-17-9-6-14-23-15-17)25(22)16-18-7-2-1-3-8-18/h4-6,9-15,18H,1-3,7-8,16H2/b13-12+. The van der Waals surface area contributed by atoms with Crippen LogP contribution >= 0.6 is 0 Å². The summed E-state index contributed by atoms with van der Waals surface area (Å²) in [7, 11) is 0. The van der Waals surface area contributed by atoms with Crippen LogP contribution in [0.1, 0.15) is 43.5 Å². The third kappa shape index (κ3) is 3.59. The molecule has 2 aromatic heterocycles. The van der Waals surface area contributed by atoms with Gasteiger partial charge in [0.1, 0.15) is 5.82 Å². The smallest absolute Gasteiger partial charge is 0.261 e. The van der Waals surface area contributed by atoms with E-state index < -0.39 is 0 Å². The second kappa shape index (κ2) is 7.65. The van der Waals surface area contributed by atoms with Crippen LogP contribution < -0.4 is 5.56 Å². The molecule has 4 heteroatoms. The van der Waals surface area contributed by atoms with Crippen LogP contribution in [0.15, 0.2) is 53.6 Å². The maximum absolute atomic E-state index is 13.1. The molecule has 1 aromatic carbocycles. The number of benzene rings is 1. The van der Waals surface area contributed by atoms with E-state index in [2.05, 4.69) is 4.98 Å². The van der Waals surface area contributed by atoms with Crippen LogP contribution in [0.5, 0.6) is 0 Å². The van der Waals surface area contributed by atoms with E-state index in [0.717, 1.165) is 23.4 Å². The van der Waals surface area contributed by atoms with Gasteiger partial charge >= 0.3 is 0 Å². The topological polar surface area (TPSA) is 47.8 Å². The Morgan fingerprint density at radius 3 is 2.69 bits per heavy atom. The van der Waals surface area contributed by atoms with Crippen molar-refractivity contribution in [2.75, 3.05) is 0 Å². The van der Waals surface area contributed by atoms with E-state index in [1.165, 1.54) is 32.1 Å². The van der Waals surface area contributed by atoms with Crippen molar-refractivity contribution < 1.29 is 0 Å². The summed E-state index contributed by atoms with van der Waals surface area (Å²) in [5.74, 6) is 1.29. The fourth-order valence-corrected chi connectivity index (χ4v) is 3.76. The molecule has 0 N–H and O–H groups in total. The predicted octanol–water partition coefficient (Wildman–Crippen LogP) is 4.54. The van der Waals surface area contributed by atoms with Crippen LogP contribution in [0.4, 0.5) is 0 Å². The Bertz CT molecular complexity index is 970. The van der Waals surface area contributed by atoms with Gasteiger partial charge in [-0.15, -0.1) is 0 Å². The second-order valence-corrected chi connectivity index (χ2v) is 7.03. The highest BCUT2D eigenvalue weighted by Gasteiger charge is 2.17. The number of pyridine rings is 1. The largest absolute Gasteiger partial charge is 0.292 e. The van der Waals surface area contributed by atoms with Gasteiger partial charge in [-0.3, -0.25) is 14.3 Å². The van der Waals surface area contributed by atoms with Gasteiger partial charge in [-0.25, -0.2) is 4.98 Å². The molecule has 132 valence electrons. The molecule has 0 unspecified atom stereocenters. The van der Waals surface area contributed by atoms with Gasteiger partial charge in [-0.2, -0.15) is 0 Å². The molecular weight excluding hydrogens is 322 g/mol. The van der Waals surface area contributed by atoms with E-state index in [-0.39, 0.29) is 5.56 Å². The molecule has 0 spiro atoms. The van der Waals surface area contributed by atoms with E-state index >= 15 is 0 Å². The van der Waals surface area contributed by atoms with Crippen LogP contribution in [0.2, 0.25) is 0 Å². The molecule has 0 aliphatic heterocycles. The number of aromatic nitrogens is 3. The van der Waals surface area contributed by atoms with Crippen LogP contribution in [-0.2, 0) is 6.54 Å².